The highest BCUT2D eigenvalue weighted by atomic mass is 35.5. The molecule has 2 aliphatic heterocycles. The van der Waals surface area contributed by atoms with Crippen LogP contribution in [0, 0.1) is 0 Å². The molecule has 162 valence electrons. The molecule has 2 heterocycles. The van der Waals surface area contributed by atoms with Gasteiger partial charge in [-0.25, -0.2) is 0 Å². The number of aliphatic hydroxyl groups is 1. The molecule has 2 fully saturated rings. The molecule has 1 aromatic carbocycles. The second-order valence-corrected chi connectivity index (χ2v) is 8.83. The van der Waals surface area contributed by atoms with Crippen molar-refractivity contribution in [2.75, 3.05) is 43.5 Å². The molecule has 0 aliphatic carbocycles. The van der Waals surface area contributed by atoms with E-state index in [0.717, 1.165) is 50.5 Å². The predicted molar refractivity (Wildman–Crippen MR) is 117 cm³/mol. The van der Waals surface area contributed by atoms with Crippen molar-refractivity contribution >= 4 is 23.2 Å². The Morgan fingerprint density at radius 3 is 2.38 bits per heavy atom. The van der Waals surface area contributed by atoms with Gasteiger partial charge in [0.15, 0.2) is 0 Å². The number of hydrogen-bond acceptors (Lipinski definition) is 5. The largest absolute Gasteiger partial charge is 0.490 e. The van der Waals surface area contributed by atoms with Crippen LogP contribution < -0.4 is 15.0 Å². The Kier molecular flexibility index (Phi) is 7.66. The second-order valence-electron chi connectivity index (χ2n) is 8.56. The lowest BCUT2D eigenvalue weighted by Crippen LogP contribution is -2.51. The van der Waals surface area contributed by atoms with E-state index >= 15 is 0 Å². The van der Waals surface area contributed by atoms with Gasteiger partial charge in [-0.3, -0.25) is 4.79 Å². The van der Waals surface area contributed by atoms with E-state index in [4.69, 9.17) is 16.3 Å². The molecule has 3 rings (SSSR count). The van der Waals surface area contributed by atoms with E-state index in [1.807, 2.05) is 12.1 Å². The summed E-state index contributed by atoms with van der Waals surface area (Å²) in [5, 5.41) is 13.3. The van der Waals surface area contributed by atoms with Gasteiger partial charge in [0.1, 0.15) is 17.7 Å². The van der Waals surface area contributed by atoms with Crippen LogP contribution in [-0.2, 0) is 4.79 Å². The molecule has 2 aliphatic rings. The highest BCUT2D eigenvalue weighted by Gasteiger charge is 2.32. The van der Waals surface area contributed by atoms with Gasteiger partial charge in [0.2, 0.25) is 5.91 Å². The van der Waals surface area contributed by atoms with Gasteiger partial charge < -0.3 is 25.0 Å². The van der Waals surface area contributed by atoms with Crippen molar-refractivity contribution in [2.45, 2.75) is 57.3 Å². The minimum atomic E-state index is -0.855. The van der Waals surface area contributed by atoms with Crippen LogP contribution in [0.25, 0.3) is 0 Å². The highest BCUT2D eigenvalue weighted by Crippen LogP contribution is 2.28. The Hall–Kier alpha value is -1.50. The van der Waals surface area contributed by atoms with Gasteiger partial charge in [0, 0.05) is 44.5 Å². The molecule has 0 aromatic heterocycles. The maximum absolute atomic E-state index is 11.3. The lowest BCUT2D eigenvalue weighted by atomic mass is 9.91. The number of amides is 1. The Morgan fingerprint density at radius 2 is 1.83 bits per heavy atom. The maximum atomic E-state index is 11.3. The van der Waals surface area contributed by atoms with Crippen LogP contribution >= 0.6 is 11.6 Å². The summed E-state index contributed by atoms with van der Waals surface area (Å²) in [5.41, 5.74) is 0.283. The third-order valence-corrected chi connectivity index (χ3v) is 6.38. The molecule has 2 N–H and O–H groups in total. The first-order valence-electron chi connectivity index (χ1n) is 10.7. The number of likely N-dealkylation sites (tertiary alicyclic amines) is 1. The van der Waals surface area contributed by atoms with Crippen molar-refractivity contribution in [3.63, 3.8) is 0 Å². The van der Waals surface area contributed by atoms with Gasteiger partial charge in [-0.2, -0.15) is 0 Å². The number of alkyl halides is 1. The molecule has 0 radical (unpaired) electrons. The summed E-state index contributed by atoms with van der Waals surface area (Å²) in [5.74, 6) is 0.607. The van der Waals surface area contributed by atoms with Crippen LogP contribution in [0.1, 0.15) is 39.5 Å². The number of carbonyl (C=O) groups excluding carboxylic acids is 1. The zero-order chi connectivity index (χ0) is 20.9. The number of piperidine rings is 2. The molecule has 0 bridgehead atoms. The molecule has 0 saturated carbocycles. The zero-order valence-corrected chi connectivity index (χ0v) is 18.3. The number of nitrogens with zero attached hydrogens (tertiary/aromatic N) is 2. The highest BCUT2D eigenvalue weighted by molar-refractivity contribution is 6.27. The van der Waals surface area contributed by atoms with Crippen LogP contribution in [0.3, 0.4) is 0 Å². The SMILES string of the molecule is CC(C)N1CCC(Oc2ccc(N3CCC(O)(CNC(=O)CCl)CC3)cc2)CC1. The van der Waals surface area contributed by atoms with Crippen LogP contribution in [0.4, 0.5) is 5.69 Å². The summed E-state index contributed by atoms with van der Waals surface area (Å²) in [6.07, 6.45) is 3.67. The van der Waals surface area contributed by atoms with Gasteiger partial charge >= 0.3 is 0 Å². The van der Waals surface area contributed by atoms with Crippen LogP contribution in [0.2, 0.25) is 0 Å². The van der Waals surface area contributed by atoms with Gasteiger partial charge in [0.25, 0.3) is 0 Å². The van der Waals surface area contributed by atoms with Crippen LogP contribution in [-0.4, -0.2) is 72.3 Å². The van der Waals surface area contributed by atoms with Crippen molar-refractivity contribution in [1.29, 1.82) is 0 Å². The number of halogens is 1. The molecule has 2 saturated heterocycles. The maximum Gasteiger partial charge on any atom is 0.235 e. The monoisotopic (exact) mass is 423 g/mol. The molecule has 0 spiro atoms. The Balaban J connectivity index is 1.46. The first-order valence-corrected chi connectivity index (χ1v) is 11.2. The second kappa shape index (κ2) is 10.0. The Bertz CT molecular complexity index is 652. The predicted octanol–water partition coefficient (Wildman–Crippen LogP) is 2.62. The van der Waals surface area contributed by atoms with E-state index in [1.165, 1.54) is 0 Å². The molecule has 6 nitrogen and oxygen atoms in total. The van der Waals surface area contributed by atoms with E-state index in [1.54, 1.807) is 0 Å². The number of nitrogens with one attached hydrogen (secondary N) is 1. The number of rotatable bonds is 7. The van der Waals surface area contributed by atoms with Crippen molar-refractivity contribution in [2.24, 2.45) is 0 Å². The summed E-state index contributed by atoms with van der Waals surface area (Å²) >= 11 is 5.50. The fraction of sp³-hybridized carbons (Fsp3) is 0.682. The summed E-state index contributed by atoms with van der Waals surface area (Å²) in [6.45, 7) is 8.45. The third kappa shape index (κ3) is 6.24. The van der Waals surface area contributed by atoms with Crippen LogP contribution in [0.15, 0.2) is 24.3 Å². The lowest BCUT2D eigenvalue weighted by molar-refractivity contribution is -0.120. The van der Waals surface area contributed by atoms with Gasteiger partial charge in [-0.1, -0.05) is 0 Å². The minimum absolute atomic E-state index is 0.0759. The smallest absolute Gasteiger partial charge is 0.235 e. The first-order chi connectivity index (χ1) is 13.9. The van der Waals surface area contributed by atoms with Crippen molar-refractivity contribution in [3.8, 4) is 5.75 Å². The summed E-state index contributed by atoms with van der Waals surface area (Å²) in [6, 6.07) is 8.89. The van der Waals surface area contributed by atoms with Gasteiger partial charge in [0.05, 0.1) is 5.60 Å². The van der Waals surface area contributed by atoms with Crippen molar-refractivity contribution in [1.82, 2.24) is 10.2 Å². The first kappa shape index (κ1) is 22.2. The molecular formula is C22H34ClN3O3. The third-order valence-electron chi connectivity index (χ3n) is 6.14. The average Bonchev–Trinajstić information content (AvgIpc) is 2.74. The Labute approximate surface area is 179 Å². The summed E-state index contributed by atoms with van der Waals surface area (Å²) in [7, 11) is 0. The fourth-order valence-electron chi connectivity index (χ4n) is 4.11. The topological polar surface area (TPSA) is 65.0 Å². The van der Waals surface area contributed by atoms with Gasteiger partial charge in [-0.15, -0.1) is 11.6 Å². The standard InChI is InChI=1S/C22H34ClN3O3/c1-17(2)25-11-7-20(8-12-25)29-19-5-3-18(4-6-19)26-13-9-22(28,10-14-26)16-24-21(27)15-23/h3-6,17,20,28H,7-16H2,1-2H3,(H,24,27). The van der Waals surface area contributed by atoms with E-state index in [2.05, 4.69) is 41.1 Å². The average molecular weight is 424 g/mol. The summed E-state index contributed by atoms with van der Waals surface area (Å²) < 4.78 is 6.19. The molecule has 7 heteroatoms. The van der Waals surface area contributed by atoms with Crippen molar-refractivity contribution < 1.29 is 14.6 Å². The Morgan fingerprint density at radius 1 is 1.21 bits per heavy atom. The molecule has 29 heavy (non-hydrogen) atoms. The molecule has 0 unspecified atom stereocenters. The fourth-order valence-corrected chi connectivity index (χ4v) is 4.20. The van der Waals surface area contributed by atoms with Crippen molar-refractivity contribution in [3.05, 3.63) is 24.3 Å². The molecular weight excluding hydrogens is 390 g/mol. The molecule has 1 aromatic rings. The molecule has 1 amide bonds. The number of ether oxygens (including phenoxy) is 1. The minimum Gasteiger partial charge on any atom is -0.490 e. The van der Waals surface area contributed by atoms with Gasteiger partial charge in [-0.05, 0) is 63.8 Å². The number of anilines is 1. The zero-order valence-electron chi connectivity index (χ0n) is 17.6. The van der Waals surface area contributed by atoms with E-state index in [9.17, 15) is 9.90 Å². The number of carbonyl (C=O) groups is 1. The normalized spacial score (nSPS) is 20.7. The number of hydrogen-bond donors (Lipinski definition) is 2. The van der Waals surface area contributed by atoms with Crippen LogP contribution in [0.5, 0.6) is 5.75 Å². The van der Waals surface area contributed by atoms with E-state index < -0.39 is 5.60 Å². The lowest BCUT2D eigenvalue weighted by Gasteiger charge is -2.39. The molecule has 0 atom stereocenters. The van der Waals surface area contributed by atoms with E-state index in [0.29, 0.717) is 25.0 Å². The quantitative estimate of drug-likeness (QED) is 0.660. The number of benzene rings is 1. The van der Waals surface area contributed by atoms with E-state index in [-0.39, 0.29) is 18.3 Å². The summed E-state index contributed by atoms with van der Waals surface area (Å²) in [4.78, 5) is 16.1.